The fourth-order valence-electron chi connectivity index (χ4n) is 2.23. The molecule has 1 aliphatic carbocycles. The molecular formula is C13H21NO. The lowest BCUT2D eigenvalue weighted by molar-refractivity contribution is -0.132. The number of hydrogen-bond acceptors (Lipinski definition) is 1. The van der Waals surface area contributed by atoms with Crippen molar-refractivity contribution in [1.82, 2.24) is 4.90 Å². The first-order chi connectivity index (χ1) is 7.29. The number of nitrogens with zero attached hydrogens (tertiary/aromatic N) is 1. The zero-order chi connectivity index (χ0) is 11.1. The van der Waals surface area contributed by atoms with Gasteiger partial charge in [-0.2, -0.15) is 0 Å². The van der Waals surface area contributed by atoms with Gasteiger partial charge in [-0.05, 0) is 12.8 Å². The Morgan fingerprint density at radius 1 is 1.20 bits per heavy atom. The van der Waals surface area contributed by atoms with Crippen molar-refractivity contribution in [2.75, 3.05) is 6.54 Å². The summed E-state index contributed by atoms with van der Waals surface area (Å²) < 4.78 is 0. The molecule has 0 N–H and O–H groups in total. The van der Waals surface area contributed by atoms with E-state index in [0.29, 0.717) is 19.0 Å². The Labute approximate surface area is 92.7 Å². The molecule has 0 aromatic rings. The van der Waals surface area contributed by atoms with E-state index in [4.69, 9.17) is 0 Å². The lowest BCUT2D eigenvalue weighted by Crippen LogP contribution is -2.41. The molecule has 1 fully saturated rings. The molecule has 15 heavy (non-hydrogen) atoms. The van der Waals surface area contributed by atoms with Crippen LogP contribution in [-0.2, 0) is 4.79 Å². The summed E-state index contributed by atoms with van der Waals surface area (Å²) in [6, 6.07) is 0.434. The zero-order valence-electron chi connectivity index (χ0n) is 9.45. The highest BCUT2D eigenvalue weighted by atomic mass is 16.2. The molecule has 1 aliphatic rings. The van der Waals surface area contributed by atoms with Crippen LogP contribution in [0.5, 0.6) is 0 Å². The number of hydrogen-bond donors (Lipinski definition) is 0. The largest absolute Gasteiger partial charge is 0.336 e. The molecule has 0 spiro atoms. The van der Waals surface area contributed by atoms with Gasteiger partial charge in [-0.1, -0.05) is 31.4 Å². The minimum atomic E-state index is 0.191. The molecule has 0 bridgehead atoms. The molecule has 0 saturated heterocycles. The van der Waals surface area contributed by atoms with Crippen molar-refractivity contribution >= 4 is 5.91 Å². The van der Waals surface area contributed by atoms with Gasteiger partial charge in [0.05, 0.1) is 0 Å². The van der Waals surface area contributed by atoms with Crippen molar-refractivity contribution in [3.05, 3.63) is 25.3 Å². The molecule has 84 valence electrons. The van der Waals surface area contributed by atoms with Gasteiger partial charge in [-0.15, -0.1) is 13.2 Å². The topological polar surface area (TPSA) is 20.3 Å². The summed E-state index contributed by atoms with van der Waals surface area (Å²) in [5.41, 5.74) is 0. The predicted molar refractivity (Wildman–Crippen MR) is 63.6 cm³/mol. The van der Waals surface area contributed by atoms with Gasteiger partial charge in [0.1, 0.15) is 0 Å². The summed E-state index contributed by atoms with van der Waals surface area (Å²) in [7, 11) is 0. The van der Waals surface area contributed by atoms with Gasteiger partial charge in [0.2, 0.25) is 5.91 Å². The first kappa shape index (κ1) is 12.0. The van der Waals surface area contributed by atoms with E-state index in [0.717, 1.165) is 12.8 Å². The van der Waals surface area contributed by atoms with Crippen LogP contribution in [0.15, 0.2) is 25.3 Å². The molecule has 0 atom stereocenters. The first-order valence-electron chi connectivity index (χ1n) is 5.81. The Hall–Kier alpha value is -1.05. The highest BCUT2D eigenvalue weighted by Gasteiger charge is 2.23. The van der Waals surface area contributed by atoms with Crippen molar-refractivity contribution in [3.63, 3.8) is 0 Å². The van der Waals surface area contributed by atoms with Crippen LogP contribution in [0.1, 0.15) is 38.5 Å². The number of carbonyl (C=O) groups excluding carboxylic acids is 1. The SMILES string of the molecule is C=CCC(=O)N(CC=C)C1CCCCC1. The van der Waals surface area contributed by atoms with Crippen molar-refractivity contribution < 1.29 is 4.79 Å². The van der Waals surface area contributed by atoms with Crippen LogP contribution in [-0.4, -0.2) is 23.4 Å². The number of amides is 1. The zero-order valence-corrected chi connectivity index (χ0v) is 9.45. The van der Waals surface area contributed by atoms with Gasteiger partial charge in [0, 0.05) is 19.0 Å². The van der Waals surface area contributed by atoms with E-state index in [1.165, 1.54) is 19.3 Å². The predicted octanol–water partition coefficient (Wildman–Crippen LogP) is 2.91. The van der Waals surface area contributed by atoms with E-state index in [-0.39, 0.29) is 5.91 Å². The quantitative estimate of drug-likeness (QED) is 0.635. The summed E-state index contributed by atoms with van der Waals surface area (Å²) in [4.78, 5) is 13.8. The Bertz CT molecular complexity index is 229. The van der Waals surface area contributed by atoms with E-state index in [9.17, 15) is 4.79 Å². The second-order valence-electron chi connectivity index (χ2n) is 4.12. The highest BCUT2D eigenvalue weighted by Crippen LogP contribution is 2.23. The van der Waals surface area contributed by atoms with Crippen LogP contribution in [0.25, 0.3) is 0 Å². The Kier molecular flexibility index (Phi) is 5.16. The van der Waals surface area contributed by atoms with Crippen LogP contribution in [0.3, 0.4) is 0 Å². The molecule has 0 radical (unpaired) electrons. The third-order valence-corrected chi connectivity index (χ3v) is 2.98. The Balaban J connectivity index is 2.57. The Morgan fingerprint density at radius 2 is 1.87 bits per heavy atom. The molecule has 0 heterocycles. The summed E-state index contributed by atoms with van der Waals surface area (Å²) in [6.07, 6.45) is 10.1. The molecule has 0 aromatic carbocycles. The molecule has 0 unspecified atom stereocenters. The van der Waals surface area contributed by atoms with Crippen LogP contribution >= 0.6 is 0 Å². The summed E-state index contributed by atoms with van der Waals surface area (Å²) in [5, 5.41) is 0. The van der Waals surface area contributed by atoms with Gasteiger partial charge in [0.15, 0.2) is 0 Å². The first-order valence-corrected chi connectivity index (χ1v) is 5.81. The normalized spacial score (nSPS) is 17.1. The highest BCUT2D eigenvalue weighted by molar-refractivity contribution is 5.78. The second kappa shape index (κ2) is 6.44. The molecule has 1 rings (SSSR count). The van der Waals surface area contributed by atoms with Crippen molar-refractivity contribution in [3.8, 4) is 0 Å². The van der Waals surface area contributed by atoms with Crippen LogP contribution < -0.4 is 0 Å². The lowest BCUT2D eigenvalue weighted by atomic mass is 9.94. The molecule has 0 aromatic heterocycles. The lowest BCUT2D eigenvalue weighted by Gasteiger charge is -2.33. The fourth-order valence-corrected chi connectivity index (χ4v) is 2.23. The minimum absolute atomic E-state index is 0.191. The minimum Gasteiger partial charge on any atom is -0.336 e. The van der Waals surface area contributed by atoms with Gasteiger partial charge in [0.25, 0.3) is 0 Å². The van der Waals surface area contributed by atoms with Crippen molar-refractivity contribution in [2.45, 2.75) is 44.6 Å². The monoisotopic (exact) mass is 207 g/mol. The van der Waals surface area contributed by atoms with Crippen LogP contribution in [0.4, 0.5) is 0 Å². The molecule has 2 heteroatoms. The summed E-state index contributed by atoms with van der Waals surface area (Å²) in [5.74, 6) is 0.191. The van der Waals surface area contributed by atoms with Gasteiger partial charge in [-0.3, -0.25) is 4.79 Å². The molecule has 0 aliphatic heterocycles. The van der Waals surface area contributed by atoms with Crippen molar-refractivity contribution in [2.24, 2.45) is 0 Å². The number of rotatable bonds is 5. The fraction of sp³-hybridized carbons (Fsp3) is 0.615. The van der Waals surface area contributed by atoms with E-state index < -0.39 is 0 Å². The summed E-state index contributed by atoms with van der Waals surface area (Å²) in [6.45, 7) is 8.01. The molecule has 2 nitrogen and oxygen atoms in total. The van der Waals surface area contributed by atoms with Gasteiger partial charge < -0.3 is 4.90 Å². The average molecular weight is 207 g/mol. The maximum Gasteiger partial charge on any atom is 0.226 e. The van der Waals surface area contributed by atoms with Crippen LogP contribution in [0, 0.1) is 0 Å². The van der Waals surface area contributed by atoms with Crippen LogP contribution in [0.2, 0.25) is 0 Å². The van der Waals surface area contributed by atoms with Gasteiger partial charge >= 0.3 is 0 Å². The third-order valence-electron chi connectivity index (χ3n) is 2.98. The molecule has 1 amide bonds. The van der Waals surface area contributed by atoms with E-state index in [1.54, 1.807) is 6.08 Å². The smallest absolute Gasteiger partial charge is 0.226 e. The molecular weight excluding hydrogens is 186 g/mol. The second-order valence-corrected chi connectivity index (χ2v) is 4.12. The standard InChI is InChI=1S/C13H21NO/c1-3-8-13(15)14(11-4-2)12-9-6-5-7-10-12/h3-4,12H,1-2,5-11H2. The Morgan fingerprint density at radius 3 is 2.40 bits per heavy atom. The molecule has 1 saturated carbocycles. The maximum absolute atomic E-state index is 11.8. The summed E-state index contributed by atoms with van der Waals surface area (Å²) >= 11 is 0. The van der Waals surface area contributed by atoms with Gasteiger partial charge in [-0.25, -0.2) is 0 Å². The maximum atomic E-state index is 11.8. The van der Waals surface area contributed by atoms with Crippen molar-refractivity contribution in [1.29, 1.82) is 0 Å². The van der Waals surface area contributed by atoms with E-state index in [1.807, 2.05) is 11.0 Å². The van der Waals surface area contributed by atoms with E-state index in [2.05, 4.69) is 13.2 Å². The number of carbonyl (C=O) groups is 1. The van der Waals surface area contributed by atoms with E-state index >= 15 is 0 Å². The average Bonchev–Trinajstić information content (AvgIpc) is 2.27. The third kappa shape index (κ3) is 3.54.